The van der Waals surface area contributed by atoms with Gasteiger partial charge in [-0.15, -0.1) is 0 Å². The van der Waals surface area contributed by atoms with E-state index in [0.29, 0.717) is 5.92 Å². The first-order valence-corrected chi connectivity index (χ1v) is 10.5. The van der Waals surface area contributed by atoms with Crippen molar-refractivity contribution in [3.63, 3.8) is 0 Å². The molecule has 27 heavy (non-hydrogen) atoms. The van der Waals surface area contributed by atoms with Crippen molar-refractivity contribution in [2.24, 2.45) is 10.9 Å². The molecule has 1 unspecified atom stereocenters. The molecular formula is C22H36N4O. The summed E-state index contributed by atoms with van der Waals surface area (Å²) in [7, 11) is 3.67. The third kappa shape index (κ3) is 5.94. The van der Waals surface area contributed by atoms with E-state index < -0.39 is 0 Å². The lowest BCUT2D eigenvalue weighted by molar-refractivity contribution is 0.157. The first-order chi connectivity index (χ1) is 13.3. The van der Waals surface area contributed by atoms with Gasteiger partial charge in [-0.25, -0.2) is 0 Å². The second kappa shape index (κ2) is 10.7. The lowest BCUT2D eigenvalue weighted by Gasteiger charge is -2.24. The highest BCUT2D eigenvalue weighted by Gasteiger charge is 2.24. The fraction of sp³-hybridized carbons (Fsp3) is 0.682. The molecule has 0 amide bonds. The second-order valence-corrected chi connectivity index (χ2v) is 7.92. The first-order valence-electron chi connectivity index (χ1n) is 10.5. The van der Waals surface area contributed by atoms with Crippen LogP contribution in [0.15, 0.2) is 29.3 Å². The number of benzene rings is 1. The van der Waals surface area contributed by atoms with Crippen LogP contribution in [0.3, 0.4) is 0 Å². The maximum Gasteiger partial charge on any atom is 0.193 e. The molecule has 0 saturated carbocycles. The van der Waals surface area contributed by atoms with E-state index >= 15 is 0 Å². The number of ether oxygens (including phenoxy) is 1. The molecule has 1 atom stereocenters. The molecule has 5 nitrogen and oxygen atoms in total. The van der Waals surface area contributed by atoms with Crippen molar-refractivity contribution < 1.29 is 4.74 Å². The van der Waals surface area contributed by atoms with Crippen LogP contribution in [0.25, 0.3) is 0 Å². The Bertz CT molecular complexity index is 596. The number of hydrogen-bond donors (Lipinski definition) is 1. The summed E-state index contributed by atoms with van der Waals surface area (Å²) in [5.74, 6) is 1.63. The molecule has 2 heterocycles. The Labute approximate surface area is 164 Å². The maximum absolute atomic E-state index is 5.32. The highest BCUT2D eigenvalue weighted by molar-refractivity contribution is 5.80. The van der Waals surface area contributed by atoms with Crippen LogP contribution in [0, 0.1) is 5.92 Å². The molecule has 2 saturated heterocycles. The largest absolute Gasteiger partial charge is 0.384 e. The molecule has 0 aliphatic carbocycles. The summed E-state index contributed by atoms with van der Waals surface area (Å²) < 4.78 is 5.32. The number of likely N-dealkylation sites (tertiary alicyclic amines) is 2. The summed E-state index contributed by atoms with van der Waals surface area (Å²) in [6.45, 7) is 7.30. The van der Waals surface area contributed by atoms with E-state index in [0.717, 1.165) is 38.7 Å². The summed E-state index contributed by atoms with van der Waals surface area (Å²) in [5, 5.41) is 3.60. The maximum atomic E-state index is 5.32. The lowest BCUT2D eigenvalue weighted by atomic mass is 10.1. The Morgan fingerprint density at radius 2 is 1.85 bits per heavy atom. The number of guanidine groups is 1. The van der Waals surface area contributed by atoms with Crippen LogP contribution >= 0.6 is 0 Å². The van der Waals surface area contributed by atoms with Crippen LogP contribution in [0.1, 0.15) is 43.2 Å². The Kier molecular flexibility index (Phi) is 7.96. The summed E-state index contributed by atoms with van der Waals surface area (Å²) in [6.07, 6.45) is 6.63. The van der Waals surface area contributed by atoms with Crippen molar-refractivity contribution in [3.05, 3.63) is 35.4 Å². The molecule has 0 radical (unpaired) electrons. The zero-order valence-corrected chi connectivity index (χ0v) is 17.1. The monoisotopic (exact) mass is 372 g/mol. The number of nitrogens with zero attached hydrogens (tertiary/aromatic N) is 3. The van der Waals surface area contributed by atoms with Gasteiger partial charge in [0.2, 0.25) is 0 Å². The number of rotatable bonds is 6. The van der Waals surface area contributed by atoms with E-state index in [1.54, 1.807) is 7.11 Å². The van der Waals surface area contributed by atoms with Crippen LogP contribution in [0.5, 0.6) is 0 Å². The third-order valence-electron chi connectivity index (χ3n) is 5.85. The quantitative estimate of drug-likeness (QED) is 0.615. The number of methoxy groups -OCH3 is 1. The van der Waals surface area contributed by atoms with Gasteiger partial charge >= 0.3 is 0 Å². The van der Waals surface area contributed by atoms with Gasteiger partial charge in [-0.1, -0.05) is 37.1 Å². The highest BCUT2D eigenvalue weighted by Crippen LogP contribution is 2.18. The van der Waals surface area contributed by atoms with Crippen molar-refractivity contribution in [3.8, 4) is 0 Å². The van der Waals surface area contributed by atoms with E-state index in [9.17, 15) is 0 Å². The molecule has 150 valence electrons. The van der Waals surface area contributed by atoms with Gasteiger partial charge in [0, 0.05) is 46.3 Å². The molecule has 1 N–H and O–H groups in total. The van der Waals surface area contributed by atoms with Gasteiger partial charge in [0.15, 0.2) is 5.96 Å². The zero-order valence-electron chi connectivity index (χ0n) is 17.1. The summed E-state index contributed by atoms with van der Waals surface area (Å²) in [4.78, 5) is 9.50. The zero-order chi connectivity index (χ0) is 18.9. The van der Waals surface area contributed by atoms with Crippen LogP contribution < -0.4 is 5.32 Å². The SMILES string of the molecule is CN=C(NCc1ccccc1CN1CCCCCC1)N1CCC(COC)C1. The smallest absolute Gasteiger partial charge is 0.193 e. The van der Waals surface area contributed by atoms with E-state index in [1.807, 2.05) is 7.05 Å². The predicted molar refractivity (Wildman–Crippen MR) is 112 cm³/mol. The third-order valence-corrected chi connectivity index (χ3v) is 5.85. The van der Waals surface area contributed by atoms with Crippen molar-refractivity contribution in [2.75, 3.05) is 46.9 Å². The molecule has 0 spiro atoms. The Morgan fingerprint density at radius 1 is 1.11 bits per heavy atom. The normalized spacial score (nSPS) is 22.1. The Balaban J connectivity index is 1.57. The van der Waals surface area contributed by atoms with Gasteiger partial charge in [-0.05, 0) is 43.5 Å². The molecule has 5 heteroatoms. The standard InChI is InChI=1S/C22H36N4O/c1-23-22(26-14-11-19(16-26)18-27-2)24-15-20-9-5-6-10-21(20)17-25-12-7-3-4-8-13-25/h5-6,9-10,19H,3-4,7-8,11-18H2,1-2H3,(H,23,24). The van der Waals surface area contributed by atoms with E-state index in [1.165, 1.54) is 56.3 Å². The van der Waals surface area contributed by atoms with E-state index in [4.69, 9.17) is 4.74 Å². The lowest BCUT2D eigenvalue weighted by Crippen LogP contribution is -2.40. The van der Waals surface area contributed by atoms with Gasteiger partial charge in [0.25, 0.3) is 0 Å². The Hall–Kier alpha value is -1.59. The van der Waals surface area contributed by atoms with Gasteiger partial charge in [0.1, 0.15) is 0 Å². The van der Waals surface area contributed by atoms with Crippen LogP contribution in [0.4, 0.5) is 0 Å². The van der Waals surface area contributed by atoms with Gasteiger partial charge in [-0.2, -0.15) is 0 Å². The van der Waals surface area contributed by atoms with Gasteiger partial charge in [-0.3, -0.25) is 9.89 Å². The molecule has 2 aliphatic heterocycles. The topological polar surface area (TPSA) is 40.1 Å². The number of aliphatic imine (C=N–C) groups is 1. The highest BCUT2D eigenvalue weighted by atomic mass is 16.5. The van der Waals surface area contributed by atoms with Crippen molar-refractivity contribution in [1.82, 2.24) is 15.1 Å². The molecule has 2 fully saturated rings. The number of nitrogens with one attached hydrogen (secondary N) is 1. The van der Waals surface area contributed by atoms with Crippen molar-refractivity contribution in [1.29, 1.82) is 0 Å². The molecule has 0 aromatic heterocycles. The molecule has 2 aliphatic rings. The summed E-state index contributed by atoms with van der Waals surface area (Å²) >= 11 is 0. The molecule has 1 aromatic rings. The van der Waals surface area contributed by atoms with Crippen LogP contribution in [-0.2, 0) is 17.8 Å². The van der Waals surface area contributed by atoms with Gasteiger partial charge in [0.05, 0.1) is 6.61 Å². The number of hydrogen-bond acceptors (Lipinski definition) is 3. The fourth-order valence-electron chi connectivity index (χ4n) is 4.32. The minimum atomic E-state index is 0.615. The first kappa shape index (κ1) is 20.2. The van der Waals surface area contributed by atoms with Crippen LogP contribution in [-0.4, -0.2) is 62.7 Å². The predicted octanol–water partition coefficient (Wildman–Crippen LogP) is 3.11. The Morgan fingerprint density at radius 3 is 2.56 bits per heavy atom. The minimum Gasteiger partial charge on any atom is -0.384 e. The van der Waals surface area contributed by atoms with Crippen molar-refractivity contribution in [2.45, 2.75) is 45.2 Å². The average molecular weight is 373 g/mol. The van der Waals surface area contributed by atoms with Crippen LogP contribution in [0.2, 0.25) is 0 Å². The average Bonchev–Trinajstić information content (AvgIpc) is 2.99. The summed E-state index contributed by atoms with van der Waals surface area (Å²) in [5.41, 5.74) is 2.83. The van der Waals surface area contributed by atoms with Crippen molar-refractivity contribution >= 4 is 5.96 Å². The molecule has 3 rings (SSSR count). The molecular weight excluding hydrogens is 336 g/mol. The molecule has 0 bridgehead atoms. The summed E-state index contributed by atoms with van der Waals surface area (Å²) in [6, 6.07) is 8.86. The molecule has 1 aromatic carbocycles. The second-order valence-electron chi connectivity index (χ2n) is 7.92. The fourth-order valence-corrected chi connectivity index (χ4v) is 4.32. The minimum absolute atomic E-state index is 0.615. The van der Waals surface area contributed by atoms with Gasteiger partial charge < -0.3 is 15.0 Å². The van der Waals surface area contributed by atoms with E-state index in [-0.39, 0.29) is 0 Å². The van der Waals surface area contributed by atoms with E-state index in [2.05, 4.69) is 44.4 Å².